The molecular formula is C17H25N3O. The summed E-state index contributed by atoms with van der Waals surface area (Å²) in [6.07, 6.45) is 5.62. The third kappa shape index (κ3) is 2.71. The zero-order valence-electron chi connectivity index (χ0n) is 12.9. The van der Waals surface area contributed by atoms with Gasteiger partial charge in [-0.3, -0.25) is 4.79 Å². The van der Waals surface area contributed by atoms with Gasteiger partial charge in [0.1, 0.15) is 0 Å². The van der Waals surface area contributed by atoms with Gasteiger partial charge in [0.2, 0.25) is 0 Å². The topological polar surface area (TPSA) is 58.4 Å². The quantitative estimate of drug-likeness (QED) is 0.837. The van der Waals surface area contributed by atoms with Gasteiger partial charge in [0.05, 0.1) is 11.4 Å². The van der Waals surface area contributed by atoms with Crippen LogP contribution in [0.25, 0.3) is 0 Å². The normalized spacial score (nSPS) is 26.9. The first-order valence-corrected chi connectivity index (χ1v) is 7.91. The van der Waals surface area contributed by atoms with Crippen LogP contribution in [0.5, 0.6) is 0 Å². The van der Waals surface area contributed by atoms with E-state index < -0.39 is 0 Å². The molecule has 21 heavy (non-hydrogen) atoms. The number of carbonyl (C=O) groups is 1. The highest BCUT2D eigenvalue weighted by Gasteiger charge is 2.39. The van der Waals surface area contributed by atoms with Crippen molar-refractivity contribution in [3.63, 3.8) is 0 Å². The molecule has 3 rings (SSSR count). The van der Waals surface area contributed by atoms with Gasteiger partial charge in [-0.2, -0.15) is 0 Å². The van der Waals surface area contributed by atoms with Crippen molar-refractivity contribution in [2.24, 2.45) is 17.8 Å². The van der Waals surface area contributed by atoms with Crippen molar-refractivity contribution in [3.8, 4) is 0 Å². The highest BCUT2D eigenvalue weighted by Crippen LogP contribution is 2.48. The minimum atomic E-state index is -0.0652. The van der Waals surface area contributed by atoms with Crippen LogP contribution in [-0.2, 0) is 0 Å². The first kappa shape index (κ1) is 14.2. The summed E-state index contributed by atoms with van der Waals surface area (Å²) in [7, 11) is 3.74. The van der Waals surface area contributed by atoms with Gasteiger partial charge in [0.25, 0.3) is 5.91 Å². The molecule has 4 heteroatoms. The maximum absolute atomic E-state index is 11.8. The van der Waals surface area contributed by atoms with Crippen LogP contribution < -0.4 is 16.0 Å². The molecule has 0 aromatic heterocycles. The van der Waals surface area contributed by atoms with E-state index in [-0.39, 0.29) is 5.91 Å². The molecular weight excluding hydrogens is 262 g/mol. The van der Waals surface area contributed by atoms with Gasteiger partial charge in [-0.25, -0.2) is 0 Å². The average molecular weight is 287 g/mol. The van der Waals surface area contributed by atoms with E-state index >= 15 is 0 Å². The number of carbonyl (C=O) groups excluding carboxylic acids is 1. The summed E-state index contributed by atoms with van der Waals surface area (Å²) in [5, 5.41) is 2.66. The molecule has 2 saturated carbocycles. The maximum atomic E-state index is 11.8. The molecule has 3 N–H and O–H groups in total. The smallest absolute Gasteiger partial charge is 0.251 e. The van der Waals surface area contributed by atoms with Gasteiger partial charge >= 0.3 is 0 Å². The Hall–Kier alpha value is -1.71. The highest BCUT2D eigenvalue weighted by atomic mass is 16.1. The van der Waals surface area contributed by atoms with E-state index in [0.29, 0.717) is 5.56 Å². The number of hydrogen-bond acceptors (Lipinski definition) is 3. The molecule has 4 nitrogen and oxygen atoms in total. The van der Waals surface area contributed by atoms with E-state index in [0.717, 1.165) is 35.7 Å². The van der Waals surface area contributed by atoms with Crippen molar-refractivity contribution >= 4 is 17.3 Å². The number of nitrogens with one attached hydrogen (secondary N) is 1. The maximum Gasteiger partial charge on any atom is 0.251 e. The van der Waals surface area contributed by atoms with Gasteiger partial charge < -0.3 is 16.0 Å². The second-order valence-corrected chi connectivity index (χ2v) is 6.67. The Morgan fingerprint density at radius 1 is 1.38 bits per heavy atom. The van der Waals surface area contributed by atoms with Crippen LogP contribution in [0.1, 0.15) is 36.0 Å². The predicted molar refractivity (Wildman–Crippen MR) is 86.5 cm³/mol. The molecule has 2 bridgehead atoms. The van der Waals surface area contributed by atoms with Crippen LogP contribution in [0.3, 0.4) is 0 Å². The van der Waals surface area contributed by atoms with Gasteiger partial charge in [-0.15, -0.1) is 0 Å². The molecule has 0 heterocycles. The van der Waals surface area contributed by atoms with Gasteiger partial charge in [0.15, 0.2) is 0 Å². The van der Waals surface area contributed by atoms with E-state index in [4.69, 9.17) is 5.73 Å². The number of rotatable bonds is 4. The number of hydrogen-bond donors (Lipinski definition) is 2. The summed E-state index contributed by atoms with van der Waals surface area (Å²) < 4.78 is 0. The molecule has 0 aliphatic heterocycles. The minimum Gasteiger partial charge on any atom is -0.397 e. The fourth-order valence-corrected chi connectivity index (χ4v) is 4.21. The summed E-state index contributed by atoms with van der Waals surface area (Å²) in [6, 6.07) is 5.52. The lowest BCUT2D eigenvalue weighted by Crippen LogP contribution is -2.29. The molecule has 0 radical (unpaired) electrons. The zero-order chi connectivity index (χ0) is 15.0. The minimum absolute atomic E-state index is 0.0652. The average Bonchev–Trinajstić information content (AvgIpc) is 3.09. The lowest BCUT2D eigenvalue weighted by atomic mass is 9.88. The van der Waals surface area contributed by atoms with Crippen molar-refractivity contribution in [2.75, 3.05) is 31.3 Å². The third-order valence-corrected chi connectivity index (χ3v) is 5.32. The number of nitrogen functional groups attached to an aromatic ring is 1. The molecule has 3 unspecified atom stereocenters. The number of amides is 1. The number of benzene rings is 1. The Labute approximate surface area is 126 Å². The van der Waals surface area contributed by atoms with Crippen LogP contribution >= 0.6 is 0 Å². The van der Waals surface area contributed by atoms with Crippen LogP contribution in [0, 0.1) is 17.8 Å². The van der Waals surface area contributed by atoms with Crippen molar-refractivity contribution < 1.29 is 4.79 Å². The summed E-state index contributed by atoms with van der Waals surface area (Å²) >= 11 is 0. The molecule has 114 valence electrons. The number of nitrogens with two attached hydrogens (primary N) is 1. The SMILES string of the molecule is CNC(=O)c1ccc(N)c(N(C)CC2CC3CCC2C3)c1. The largest absolute Gasteiger partial charge is 0.397 e. The Kier molecular flexibility index (Phi) is 3.79. The number of fused-ring (bicyclic) bond motifs is 2. The van der Waals surface area contributed by atoms with Crippen LogP contribution in [0.4, 0.5) is 11.4 Å². The van der Waals surface area contributed by atoms with Crippen LogP contribution in [0.15, 0.2) is 18.2 Å². The van der Waals surface area contributed by atoms with E-state index in [1.807, 2.05) is 12.1 Å². The third-order valence-electron chi connectivity index (χ3n) is 5.32. The summed E-state index contributed by atoms with van der Waals surface area (Å²) in [4.78, 5) is 14.0. The van der Waals surface area contributed by atoms with Crippen molar-refractivity contribution in [1.29, 1.82) is 0 Å². The van der Waals surface area contributed by atoms with E-state index in [1.165, 1.54) is 25.7 Å². The molecule has 0 saturated heterocycles. The van der Waals surface area contributed by atoms with Crippen LogP contribution in [-0.4, -0.2) is 26.5 Å². The fourth-order valence-electron chi connectivity index (χ4n) is 4.21. The first-order valence-electron chi connectivity index (χ1n) is 7.91. The lowest BCUT2D eigenvalue weighted by Gasteiger charge is -2.29. The van der Waals surface area contributed by atoms with E-state index in [1.54, 1.807) is 13.1 Å². The summed E-state index contributed by atoms with van der Waals surface area (Å²) in [5.74, 6) is 2.59. The first-order chi connectivity index (χ1) is 10.1. The summed E-state index contributed by atoms with van der Waals surface area (Å²) in [6.45, 7) is 1.04. The Morgan fingerprint density at radius 2 is 2.19 bits per heavy atom. The molecule has 1 amide bonds. The van der Waals surface area contributed by atoms with E-state index in [9.17, 15) is 4.79 Å². The second kappa shape index (κ2) is 5.58. The molecule has 1 aromatic rings. The summed E-state index contributed by atoms with van der Waals surface area (Å²) in [5.41, 5.74) is 8.49. The van der Waals surface area contributed by atoms with Crippen molar-refractivity contribution in [3.05, 3.63) is 23.8 Å². The second-order valence-electron chi connectivity index (χ2n) is 6.67. The molecule has 2 aliphatic rings. The van der Waals surface area contributed by atoms with Crippen molar-refractivity contribution in [2.45, 2.75) is 25.7 Å². The molecule has 1 aromatic carbocycles. The zero-order valence-corrected chi connectivity index (χ0v) is 12.9. The fraction of sp³-hybridized carbons (Fsp3) is 0.588. The molecule has 2 aliphatic carbocycles. The van der Waals surface area contributed by atoms with E-state index in [2.05, 4.69) is 17.3 Å². The number of nitrogens with zero attached hydrogens (tertiary/aromatic N) is 1. The monoisotopic (exact) mass is 287 g/mol. The van der Waals surface area contributed by atoms with Gasteiger partial charge in [0, 0.05) is 26.2 Å². The molecule has 2 fully saturated rings. The molecule has 0 spiro atoms. The van der Waals surface area contributed by atoms with Crippen molar-refractivity contribution in [1.82, 2.24) is 5.32 Å². The lowest BCUT2D eigenvalue weighted by molar-refractivity contribution is 0.0963. The standard InChI is InChI=1S/C17H25N3O/c1-19-17(21)13-5-6-15(18)16(9-13)20(2)10-14-8-11-3-4-12(14)7-11/h5-6,9,11-12,14H,3-4,7-8,10,18H2,1-2H3,(H,19,21). The van der Waals surface area contributed by atoms with Crippen LogP contribution in [0.2, 0.25) is 0 Å². The predicted octanol–water partition coefficient (Wildman–Crippen LogP) is 2.50. The Balaban J connectivity index is 1.74. The molecule has 3 atom stereocenters. The Morgan fingerprint density at radius 3 is 2.81 bits per heavy atom. The number of anilines is 2. The Bertz CT molecular complexity index is 543. The highest BCUT2D eigenvalue weighted by molar-refractivity contribution is 5.96. The van der Waals surface area contributed by atoms with Gasteiger partial charge in [-0.1, -0.05) is 6.42 Å². The van der Waals surface area contributed by atoms with Gasteiger partial charge in [-0.05, 0) is 55.2 Å².